The van der Waals surface area contributed by atoms with Gasteiger partial charge in [-0.15, -0.1) is 11.3 Å². The number of furan rings is 1. The van der Waals surface area contributed by atoms with Gasteiger partial charge in [0.1, 0.15) is 5.58 Å². The van der Waals surface area contributed by atoms with Gasteiger partial charge in [-0.3, -0.25) is 0 Å². The van der Waals surface area contributed by atoms with Crippen molar-refractivity contribution < 1.29 is 19.1 Å². The molecule has 2 aromatic heterocycles. The summed E-state index contributed by atoms with van der Waals surface area (Å²) in [7, 11) is 0. The normalized spacial score (nSPS) is 11.2. The Morgan fingerprint density at radius 1 is 1.44 bits per heavy atom. The third-order valence-corrected chi connectivity index (χ3v) is 3.82. The molecule has 0 radical (unpaired) electrons. The third-order valence-electron chi connectivity index (χ3n) is 2.65. The number of carbonyl (C=O) groups excluding carboxylic acids is 1. The molecule has 1 aromatic carbocycles. The lowest BCUT2D eigenvalue weighted by Gasteiger charge is -1.98. The van der Waals surface area contributed by atoms with Crippen LogP contribution in [0.1, 0.15) is 16.6 Å². The summed E-state index contributed by atoms with van der Waals surface area (Å²) in [5.41, 5.74) is 1.05. The Morgan fingerprint density at radius 2 is 2.22 bits per heavy atom. The van der Waals surface area contributed by atoms with E-state index in [1.165, 1.54) is 11.3 Å². The fourth-order valence-electron chi connectivity index (χ4n) is 1.87. The number of para-hydroxylation sites is 1. The zero-order valence-electron chi connectivity index (χ0n) is 9.60. The van der Waals surface area contributed by atoms with Crippen molar-refractivity contribution in [2.24, 2.45) is 0 Å². The maximum Gasteiger partial charge on any atom is 0.352 e. The number of thiophene rings is 1. The van der Waals surface area contributed by atoms with E-state index in [1.54, 1.807) is 6.92 Å². The fourth-order valence-corrected chi connectivity index (χ4v) is 2.91. The summed E-state index contributed by atoms with van der Waals surface area (Å²) in [6.07, 6.45) is 0. The van der Waals surface area contributed by atoms with Gasteiger partial charge in [0.05, 0.1) is 11.3 Å². The predicted molar refractivity (Wildman–Crippen MR) is 69.2 cm³/mol. The summed E-state index contributed by atoms with van der Waals surface area (Å²) in [5.74, 6) is -0.653. The van der Waals surface area contributed by atoms with E-state index in [0.717, 1.165) is 10.1 Å². The standard InChI is InChI=1S/C13H10O4S/c1-2-16-13(15)12-9(14)10-11(18-12)7-5-3-4-6-8(7)17-10/h3-6,14H,2H2,1H3. The highest BCUT2D eigenvalue weighted by atomic mass is 32.1. The summed E-state index contributed by atoms with van der Waals surface area (Å²) < 4.78 is 11.2. The van der Waals surface area contributed by atoms with Crippen LogP contribution in [0.5, 0.6) is 5.75 Å². The van der Waals surface area contributed by atoms with Gasteiger partial charge < -0.3 is 14.3 Å². The van der Waals surface area contributed by atoms with Gasteiger partial charge in [-0.25, -0.2) is 4.79 Å². The largest absolute Gasteiger partial charge is 0.503 e. The number of carbonyl (C=O) groups is 1. The lowest BCUT2D eigenvalue weighted by atomic mass is 10.2. The van der Waals surface area contributed by atoms with Crippen molar-refractivity contribution in [3.05, 3.63) is 29.1 Å². The number of rotatable bonds is 2. The van der Waals surface area contributed by atoms with Crippen LogP contribution >= 0.6 is 11.3 Å². The highest BCUT2D eigenvalue weighted by molar-refractivity contribution is 7.22. The number of hydrogen-bond acceptors (Lipinski definition) is 5. The van der Waals surface area contributed by atoms with Crippen molar-refractivity contribution in [2.45, 2.75) is 6.92 Å². The van der Waals surface area contributed by atoms with E-state index >= 15 is 0 Å². The molecule has 1 N–H and O–H groups in total. The molecule has 0 unspecified atom stereocenters. The summed E-state index contributed by atoms with van der Waals surface area (Å²) >= 11 is 1.19. The van der Waals surface area contributed by atoms with E-state index < -0.39 is 5.97 Å². The van der Waals surface area contributed by atoms with Gasteiger partial charge in [0, 0.05) is 5.39 Å². The molecule has 0 aliphatic rings. The quantitative estimate of drug-likeness (QED) is 0.718. The first-order chi connectivity index (χ1) is 8.72. The van der Waals surface area contributed by atoms with Crippen molar-refractivity contribution >= 4 is 38.6 Å². The molecule has 0 saturated heterocycles. The number of aromatic hydroxyl groups is 1. The first-order valence-electron chi connectivity index (χ1n) is 5.52. The molecule has 3 aromatic rings. The van der Waals surface area contributed by atoms with E-state index in [4.69, 9.17) is 9.15 Å². The molecule has 0 bridgehead atoms. The van der Waals surface area contributed by atoms with Gasteiger partial charge in [-0.05, 0) is 19.1 Å². The zero-order valence-corrected chi connectivity index (χ0v) is 10.4. The van der Waals surface area contributed by atoms with Crippen LogP contribution in [0.15, 0.2) is 28.7 Å². The molecule has 0 spiro atoms. The van der Waals surface area contributed by atoms with Crippen LogP contribution in [0.2, 0.25) is 0 Å². The second-order valence-electron chi connectivity index (χ2n) is 3.76. The number of ether oxygens (including phenoxy) is 1. The SMILES string of the molecule is CCOC(=O)c1sc2c(oc3ccccc32)c1O. The predicted octanol–water partition coefficient (Wildman–Crippen LogP) is 3.53. The lowest BCUT2D eigenvalue weighted by Crippen LogP contribution is -2.01. The van der Waals surface area contributed by atoms with E-state index in [1.807, 2.05) is 24.3 Å². The minimum absolute atomic E-state index is 0.135. The van der Waals surface area contributed by atoms with Crippen LogP contribution in [0.25, 0.3) is 21.3 Å². The Balaban J connectivity index is 2.25. The Bertz CT molecular complexity index is 738. The van der Waals surface area contributed by atoms with Crippen molar-refractivity contribution in [3.8, 4) is 5.75 Å². The third kappa shape index (κ3) is 1.48. The van der Waals surface area contributed by atoms with E-state index in [2.05, 4.69) is 0 Å². The van der Waals surface area contributed by atoms with E-state index in [-0.39, 0.29) is 17.2 Å². The summed E-state index contributed by atoms with van der Waals surface area (Å²) in [4.78, 5) is 11.8. The maximum absolute atomic E-state index is 11.7. The van der Waals surface area contributed by atoms with Crippen LogP contribution in [0.4, 0.5) is 0 Å². The van der Waals surface area contributed by atoms with Crippen LogP contribution in [-0.2, 0) is 4.74 Å². The van der Waals surface area contributed by atoms with E-state index in [9.17, 15) is 9.90 Å². The van der Waals surface area contributed by atoms with Gasteiger partial charge in [0.2, 0.25) is 0 Å². The molecular weight excluding hydrogens is 252 g/mol. The molecule has 0 aliphatic carbocycles. The first kappa shape index (κ1) is 11.1. The molecule has 0 saturated carbocycles. The first-order valence-corrected chi connectivity index (χ1v) is 6.34. The van der Waals surface area contributed by atoms with Crippen molar-refractivity contribution in [1.29, 1.82) is 0 Å². The topological polar surface area (TPSA) is 59.7 Å². The Hall–Kier alpha value is -2.01. The van der Waals surface area contributed by atoms with Crippen LogP contribution < -0.4 is 0 Å². The van der Waals surface area contributed by atoms with Crippen LogP contribution in [0, 0.1) is 0 Å². The minimum atomic E-state index is -0.518. The van der Waals surface area contributed by atoms with Crippen molar-refractivity contribution in [2.75, 3.05) is 6.61 Å². The lowest BCUT2D eigenvalue weighted by molar-refractivity contribution is 0.0529. The van der Waals surface area contributed by atoms with Gasteiger partial charge in [0.25, 0.3) is 0 Å². The summed E-state index contributed by atoms with van der Waals surface area (Å²) in [5, 5.41) is 10.9. The Kier molecular flexibility index (Phi) is 2.48. The molecule has 5 heteroatoms. The molecule has 18 heavy (non-hydrogen) atoms. The fraction of sp³-hybridized carbons (Fsp3) is 0.154. The Labute approximate surface area is 106 Å². The monoisotopic (exact) mass is 262 g/mol. The zero-order chi connectivity index (χ0) is 12.7. The van der Waals surface area contributed by atoms with E-state index in [0.29, 0.717) is 11.2 Å². The average molecular weight is 262 g/mol. The van der Waals surface area contributed by atoms with Crippen LogP contribution in [0.3, 0.4) is 0 Å². The average Bonchev–Trinajstić information content (AvgIpc) is 2.88. The second kappa shape index (κ2) is 4.03. The number of hydrogen-bond donors (Lipinski definition) is 1. The molecule has 0 fully saturated rings. The minimum Gasteiger partial charge on any atom is -0.503 e. The maximum atomic E-state index is 11.7. The summed E-state index contributed by atoms with van der Waals surface area (Å²) in [6, 6.07) is 7.47. The Morgan fingerprint density at radius 3 is 3.00 bits per heavy atom. The number of esters is 1. The highest BCUT2D eigenvalue weighted by Gasteiger charge is 2.23. The molecule has 0 amide bonds. The molecule has 3 rings (SSSR count). The van der Waals surface area contributed by atoms with Gasteiger partial charge in [-0.1, -0.05) is 12.1 Å². The molecule has 0 atom stereocenters. The van der Waals surface area contributed by atoms with Crippen molar-refractivity contribution in [3.63, 3.8) is 0 Å². The number of benzene rings is 1. The number of fused-ring (bicyclic) bond motifs is 3. The molecule has 4 nitrogen and oxygen atoms in total. The highest BCUT2D eigenvalue weighted by Crippen LogP contribution is 2.43. The van der Waals surface area contributed by atoms with Crippen molar-refractivity contribution in [1.82, 2.24) is 0 Å². The smallest absolute Gasteiger partial charge is 0.352 e. The van der Waals surface area contributed by atoms with Crippen LogP contribution in [-0.4, -0.2) is 17.7 Å². The van der Waals surface area contributed by atoms with Gasteiger partial charge in [-0.2, -0.15) is 0 Å². The molecule has 92 valence electrons. The molecule has 0 aliphatic heterocycles. The van der Waals surface area contributed by atoms with Gasteiger partial charge in [0.15, 0.2) is 16.2 Å². The molecular formula is C13H10O4S. The molecule has 2 heterocycles. The second-order valence-corrected chi connectivity index (χ2v) is 4.78. The summed E-state index contributed by atoms with van der Waals surface area (Å²) in [6.45, 7) is 2.00. The van der Waals surface area contributed by atoms with Gasteiger partial charge >= 0.3 is 5.97 Å².